The molecule has 3 aromatic rings. The van der Waals surface area contributed by atoms with E-state index < -0.39 is 44.3 Å². The number of anilines is 1. The number of benzene rings is 3. The lowest BCUT2D eigenvalue weighted by molar-refractivity contribution is -0.128. The van der Waals surface area contributed by atoms with Gasteiger partial charge >= 0.3 is 12.1 Å². The van der Waals surface area contributed by atoms with E-state index in [1.165, 1.54) is 0 Å². The van der Waals surface area contributed by atoms with Crippen LogP contribution in [0.4, 0.5) is 15.3 Å². The molecule has 52 heavy (non-hydrogen) atoms. The van der Waals surface area contributed by atoms with Crippen molar-refractivity contribution in [3.8, 4) is 11.1 Å². The summed E-state index contributed by atoms with van der Waals surface area (Å²) in [6, 6.07) is 19.1. The van der Waals surface area contributed by atoms with E-state index in [4.69, 9.17) is 14.9 Å². The standard InChI is InChI=1S/C39H52IN5O6Si/c1-24(2)34(45-38(49)50-23-31-29-15-10-8-13-27(29)28-14-9-11-16-30(28)31)36(47)44-33(17-12-20-42-37(41)48)35(46)43-26-19-18-25(32(40)21-26)22-51-52(6,7)39(3,4)5/h8-11,13-16,18-19,21,24,31,33-34H,12,17,20,22-23H2,1-7H3,(H,43,46)(H,44,47)(H,45,49)(H3,41,42,48)/t33-,34-/m0/s1. The van der Waals surface area contributed by atoms with Gasteiger partial charge in [-0.25, -0.2) is 9.59 Å². The number of ether oxygens (including phenoxy) is 1. The number of hydrogen-bond acceptors (Lipinski definition) is 6. The third-order valence-electron chi connectivity index (χ3n) is 9.88. The molecule has 11 nitrogen and oxygen atoms in total. The van der Waals surface area contributed by atoms with Crippen molar-refractivity contribution in [1.82, 2.24) is 16.0 Å². The summed E-state index contributed by atoms with van der Waals surface area (Å²) in [5.74, 6) is -1.41. The highest BCUT2D eigenvalue weighted by Crippen LogP contribution is 2.44. The zero-order chi connectivity index (χ0) is 38.2. The molecule has 0 spiro atoms. The number of hydrogen-bond donors (Lipinski definition) is 5. The van der Waals surface area contributed by atoms with Gasteiger partial charge in [0.1, 0.15) is 18.7 Å². The van der Waals surface area contributed by atoms with Gasteiger partial charge in [0, 0.05) is 21.7 Å². The molecule has 0 saturated carbocycles. The molecule has 13 heteroatoms. The lowest BCUT2D eigenvalue weighted by Gasteiger charge is -2.36. The van der Waals surface area contributed by atoms with Gasteiger partial charge in [-0.1, -0.05) is 89.2 Å². The van der Waals surface area contributed by atoms with Crippen LogP contribution in [-0.4, -0.2) is 57.5 Å². The van der Waals surface area contributed by atoms with Crippen LogP contribution in [0.2, 0.25) is 18.1 Å². The largest absolute Gasteiger partial charge is 0.449 e. The third kappa shape index (κ3) is 10.6. The summed E-state index contributed by atoms with van der Waals surface area (Å²) in [5, 5.41) is 11.1. The van der Waals surface area contributed by atoms with Crippen molar-refractivity contribution in [2.75, 3.05) is 18.5 Å². The van der Waals surface area contributed by atoms with Crippen LogP contribution < -0.4 is 27.0 Å². The van der Waals surface area contributed by atoms with Crippen molar-refractivity contribution in [2.45, 2.75) is 90.2 Å². The van der Waals surface area contributed by atoms with E-state index in [2.05, 4.69) is 89.9 Å². The quantitative estimate of drug-likeness (QED) is 0.0616. The number of primary amides is 1. The van der Waals surface area contributed by atoms with Crippen LogP contribution in [0.15, 0.2) is 66.7 Å². The molecule has 0 bridgehead atoms. The lowest BCUT2D eigenvalue weighted by atomic mass is 9.98. The number of fused-ring (bicyclic) bond motifs is 3. The summed E-state index contributed by atoms with van der Waals surface area (Å²) in [5.41, 5.74) is 11.2. The Labute approximate surface area is 321 Å². The second-order valence-electron chi connectivity index (χ2n) is 15.0. The van der Waals surface area contributed by atoms with Gasteiger partial charge in [-0.05, 0) is 99.4 Å². The number of amides is 5. The van der Waals surface area contributed by atoms with Gasteiger partial charge < -0.3 is 36.2 Å². The Bertz CT molecular complexity index is 1720. The van der Waals surface area contributed by atoms with E-state index in [0.717, 1.165) is 31.4 Å². The predicted octanol–water partition coefficient (Wildman–Crippen LogP) is 7.25. The molecule has 4 rings (SSSR count). The highest BCUT2D eigenvalue weighted by molar-refractivity contribution is 14.1. The molecular formula is C39H52IN5O6Si. The Kier molecular flexibility index (Phi) is 13.9. The first-order chi connectivity index (χ1) is 24.5. The zero-order valence-electron chi connectivity index (χ0n) is 31.1. The number of nitrogens with one attached hydrogen (secondary N) is 4. The molecule has 0 heterocycles. The van der Waals surface area contributed by atoms with E-state index in [-0.39, 0.29) is 36.4 Å². The van der Waals surface area contributed by atoms with Crippen molar-refractivity contribution in [1.29, 1.82) is 0 Å². The molecule has 1 aliphatic rings. The van der Waals surface area contributed by atoms with E-state index >= 15 is 0 Å². The van der Waals surface area contributed by atoms with E-state index in [9.17, 15) is 19.2 Å². The molecule has 0 aliphatic heterocycles. The van der Waals surface area contributed by atoms with Gasteiger partial charge in [0.15, 0.2) is 8.32 Å². The maximum atomic E-state index is 13.7. The van der Waals surface area contributed by atoms with Crippen LogP contribution >= 0.6 is 22.6 Å². The molecule has 2 atom stereocenters. The zero-order valence-corrected chi connectivity index (χ0v) is 34.3. The summed E-state index contributed by atoms with van der Waals surface area (Å²) in [6.07, 6.45) is -0.146. The Hall–Kier alpha value is -3.95. The second-order valence-corrected chi connectivity index (χ2v) is 21.0. The van der Waals surface area contributed by atoms with Crippen molar-refractivity contribution in [3.05, 3.63) is 87.0 Å². The maximum Gasteiger partial charge on any atom is 0.407 e. The van der Waals surface area contributed by atoms with Crippen LogP contribution in [0.5, 0.6) is 0 Å². The summed E-state index contributed by atoms with van der Waals surface area (Å²) in [6.45, 7) is 15.4. The van der Waals surface area contributed by atoms with Crippen molar-refractivity contribution in [2.24, 2.45) is 11.7 Å². The second kappa shape index (κ2) is 17.7. The van der Waals surface area contributed by atoms with Crippen LogP contribution in [0.3, 0.4) is 0 Å². The van der Waals surface area contributed by atoms with Crippen LogP contribution in [0, 0.1) is 9.49 Å². The number of halogens is 1. The molecule has 3 aromatic carbocycles. The number of nitrogens with two attached hydrogens (primary N) is 1. The molecular weight excluding hydrogens is 789 g/mol. The number of carbonyl (C=O) groups excluding carboxylic acids is 4. The third-order valence-corrected chi connectivity index (χ3v) is 15.4. The minimum Gasteiger partial charge on any atom is -0.449 e. The highest BCUT2D eigenvalue weighted by atomic mass is 127. The molecule has 0 saturated heterocycles. The van der Waals surface area contributed by atoms with Crippen molar-refractivity contribution >= 4 is 60.5 Å². The average molecular weight is 842 g/mol. The molecule has 0 aromatic heterocycles. The first-order valence-corrected chi connectivity index (χ1v) is 21.7. The minimum absolute atomic E-state index is 0.0818. The van der Waals surface area contributed by atoms with Gasteiger partial charge in [-0.15, -0.1) is 0 Å². The first-order valence-electron chi connectivity index (χ1n) is 17.7. The fourth-order valence-electron chi connectivity index (χ4n) is 5.80. The van der Waals surface area contributed by atoms with Gasteiger partial charge in [0.2, 0.25) is 11.8 Å². The summed E-state index contributed by atoms with van der Waals surface area (Å²) in [4.78, 5) is 51.7. The van der Waals surface area contributed by atoms with Gasteiger partial charge in [-0.3, -0.25) is 9.59 Å². The number of alkyl carbamates (subject to hydrolysis) is 1. The molecule has 1 aliphatic carbocycles. The van der Waals surface area contributed by atoms with Gasteiger partial charge in [0.05, 0.1) is 6.61 Å². The lowest BCUT2D eigenvalue weighted by Crippen LogP contribution is -2.54. The maximum absolute atomic E-state index is 13.7. The minimum atomic E-state index is -1.95. The SMILES string of the molecule is CC(C)[C@H](NC(=O)OCC1c2ccccc2-c2ccccc21)C(=O)N[C@@H](CCCNC(N)=O)C(=O)Nc1ccc(CO[Si](C)(C)C(C)(C)C)c(I)c1. The molecule has 0 radical (unpaired) electrons. The average Bonchev–Trinajstić information content (AvgIpc) is 3.39. The molecule has 6 N–H and O–H groups in total. The Morgan fingerprint density at radius 1 is 0.904 bits per heavy atom. The van der Waals surface area contributed by atoms with Gasteiger partial charge in [-0.2, -0.15) is 0 Å². The smallest absolute Gasteiger partial charge is 0.407 e. The number of rotatable bonds is 15. The van der Waals surface area contributed by atoms with E-state index in [1.807, 2.05) is 54.6 Å². The monoisotopic (exact) mass is 841 g/mol. The predicted molar refractivity (Wildman–Crippen MR) is 215 cm³/mol. The molecule has 0 fully saturated rings. The number of urea groups is 1. The van der Waals surface area contributed by atoms with Crippen molar-refractivity contribution < 1.29 is 28.3 Å². The normalized spacial score (nSPS) is 13.8. The van der Waals surface area contributed by atoms with E-state index in [0.29, 0.717) is 18.7 Å². The highest BCUT2D eigenvalue weighted by Gasteiger charge is 2.37. The fraction of sp³-hybridized carbons (Fsp3) is 0.436. The van der Waals surface area contributed by atoms with Crippen molar-refractivity contribution in [3.63, 3.8) is 0 Å². The summed E-state index contributed by atoms with van der Waals surface area (Å²) < 4.78 is 13.0. The molecule has 5 amide bonds. The molecule has 280 valence electrons. The summed E-state index contributed by atoms with van der Waals surface area (Å²) >= 11 is 2.23. The molecule has 0 unspecified atom stereocenters. The van der Waals surface area contributed by atoms with Crippen LogP contribution in [-0.2, 0) is 25.4 Å². The topological polar surface area (TPSA) is 161 Å². The van der Waals surface area contributed by atoms with E-state index in [1.54, 1.807) is 13.8 Å². The Morgan fingerprint density at radius 3 is 2.08 bits per heavy atom. The van der Waals surface area contributed by atoms with Gasteiger partial charge in [0.25, 0.3) is 0 Å². The Morgan fingerprint density at radius 2 is 1.52 bits per heavy atom. The summed E-state index contributed by atoms with van der Waals surface area (Å²) in [7, 11) is -1.95. The van der Waals surface area contributed by atoms with Crippen LogP contribution in [0.1, 0.15) is 70.1 Å². The number of carbonyl (C=O) groups is 4. The van der Waals surface area contributed by atoms with Crippen LogP contribution in [0.25, 0.3) is 11.1 Å². The fourth-order valence-corrected chi connectivity index (χ4v) is 7.42. The first kappa shape index (κ1) is 40.8. The Balaban J connectivity index is 1.41.